The Labute approximate surface area is 265 Å². The van der Waals surface area contributed by atoms with Crippen molar-refractivity contribution in [2.75, 3.05) is 12.4 Å². The number of carbonyl (C=O) groups excluding carboxylic acids is 4. The Morgan fingerprint density at radius 2 is 1.69 bits per heavy atom. The van der Waals surface area contributed by atoms with Crippen molar-refractivity contribution in [3.05, 3.63) is 62.0 Å². The topological polar surface area (TPSA) is 111 Å². The van der Waals surface area contributed by atoms with E-state index in [2.05, 4.69) is 26.6 Å². The highest BCUT2D eigenvalue weighted by Crippen LogP contribution is 2.57. The number of amides is 2. The molecule has 0 bridgehead atoms. The third-order valence-corrected chi connectivity index (χ3v) is 9.39. The molecule has 0 unspecified atom stereocenters. The van der Waals surface area contributed by atoms with Gasteiger partial charge in [-0.05, 0) is 91.7 Å². The lowest BCUT2D eigenvalue weighted by molar-refractivity contribution is -0.173. The average Bonchev–Trinajstić information content (AvgIpc) is 3.13. The van der Waals surface area contributed by atoms with Gasteiger partial charge in [-0.1, -0.05) is 49.2 Å². The standard InChI is InChI=1S/C31H37BrCl2N2O6/c1-29(2,3)42-28(40)31(6)14-13-18(30(31,4)5)25(37)36-23(27(39)41-7)16-17-11-12-22(19(32)15-17)35-26(38)24-20(33)9-8-10-21(24)34/h8-12,15,18,23H,13-14,16H2,1-7H3,(H,35,38)(H,36,37)/t18-,23+,31+/m1/s1. The third-order valence-electron chi connectivity index (χ3n) is 8.11. The summed E-state index contributed by atoms with van der Waals surface area (Å²) in [7, 11) is 1.26. The molecular weight excluding hydrogens is 647 g/mol. The highest BCUT2D eigenvalue weighted by atomic mass is 79.9. The number of nitrogens with one attached hydrogen (secondary N) is 2. The summed E-state index contributed by atoms with van der Waals surface area (Å²) >= 11 is 15.8. The van der Waals surface area contributed by atoms with Crippen molar-refractivity contribution in [2.45, 2.75) is 72.4 Å². The zero-order valence-electron chi connectivity index (χ0n) is 24.8. The molecule has 0 aromatic heterocycles. The normalized spacial score (nSPS) is 20.4. The molecule has 0 saturated heterocycles. The Balaban J connectivity index is 1.75. The molecule has 42 heavy (non-hydrogen) atoms. The maximum Gasteiger partial charge on any atom is 0.328 e. The molecule has 3 rings (SSSR count). The zero-order chi connectivity index (χ0) is 31.6. The number of rotatable bonds is 8. The monoisotopic (exact) mass is 682 g/mol. The number of halogens is 3. The van der Waals surface area contributed by atoms with Gasteiger partial charge in [0.15, 0.2) is 0 Å². The number of benzene rings is 2. The van der Waals surface area contributed by atoms with E-state index in [1.54, 1.807) is 36.4 Å². The van der Waals surface area contributed by atoms with Crippen LogP contribution in [0, 0.1) is 16.7 Å². The van der Waals surface area contributed by atoms with E-state index in [-0.39, 0.29) is 33.9 Å². The van der Waals surface area contributed by atoms with Crippen molar-refractivity contribution in [3.8, 4) is 0 Å². The molecule has 3 atom stereocenters. The minimum absolute atomic E-state index is 0.137. The van der Waals surface area contributed by atoms with Crippen molar-refractivity contribution in [3.63, 3.8) is 0 Å². The van der Waals surface area contributed by atoms with Crippen molar-refractivity contribution < 1.29 is 28.7 Å². The molecule has 0 heterocycles. The number of methoxy groups -OCH3 is 1. The molecule has 228 valence electrons. The lowest BCUT2D eigenvalue weighted by Crippen LogP contribution is -2.51. The van der Waals surface area contributed by atoms with Gasteiger partial charge in [0, 0.05) is 16.8 Å². The molecule has 8 nitrogen and oxygen atoms in total. The molecule has 1 fully saturated rings. The molecule has 1 saturated carbocycles. The summed E-state index contributed by atoms with van der Waals surface area (Å²) in [6, 6.07) is 8.97. The molecule has 2 aromatic carbocycles. The Kier molecular flexibility index (Phi) is 10.4. The van der Waals surface area contributed by atoms with E-state index in [1.807, 2.05) is 41.5 Å². The summed E-state index contributed by atoms with van der Waals surface area (Å²) in [5.74, 6) is -2.27. The van der Waals surface area contributed by atoms with Gasteiger partial charge in [-0.15, -0.1) is 0 Å². The third kappa shape index (κ3) is 7.29. The van der Waals surface area contributed by atoms with Gasteiger partial charge >= 0.3 is 11.9 Å². The molecule has 2 aromatic rings. The Hall–Kier alpha value is -2.62. The fourth-order valence-corrected chi connectivity index (χ4v) is 6.34. The second-order valence-electron chi connectivity index (χ2n) is 12.3. The van der Waals surface area contributed by atoms with Gasteiger partial charge in [-0.25, -0.2) is 4.79 Å². The van der Waals surface area contributed by atoms with Gasteiger partial charge in [0.05, 0.1) is 33.8 Å². The van der Waals surface area contributed by atoms with Gasteiger partial charge in [0.2, 0.25) is 5.91 Å². The maximum atomic E-state index is 13.6. The van der Waals surface area contributed by atoms with Gasteiger partial charge in [0.25, 0.3) is 5.91 Å². The highest BCUT2D eigenvalue weighted by molar-refractivity contribution is 9.10. The number of ether oxygens (including phenoxy) is 2. The van der Waals surface area contributed by atoms with Crippen LogP contribution in [-0.4, -0.2) is 42.5 Å². The fourth-order valence-electron chi connectivity index (χ4n) is 5.25. The lowest BCUT2D eigenvalue weighted by Gasteiger charge is -2.40. The molecule has 2 amide bonds. The molecule has 11 heteroatoms. The smallest absolute Gasteiger partial charge is 0.328 e. The van der Waals surface area contributed by atoms with Gasteiger partial charge in [-0.3, -0.25) is 14.4 Å². The SMILES string of the molecule is COC(=O)[C@H](Cc1ccc(NC(=O)c2c(Cl)cccc2Cl)c(Br)c1)NC(=O)[C@H]1CC[C@@](C)(C(=O)OC(C)(C)C)C1(C)C. The van der Waals surface area contributed by atoms with Gasteiger partial charge < -0.3 is 20.1 Å². The van der Waals surface area contributed by atoms with E-state index < -0.39 is 40.3 Å². The first kappa shape index (κ1) is 33.9. The van der Waals surface area contributed by atoms with E-state index in [4.69, 9.17) is 32.7 Å². The number of carbonyl (C=O) groups is 4. The first-order valence-electron chi connectivity index (χ1n) is 13.6. The van der Waals surface area contributed by atoms with Crippen molar-refractivity contribution in [1.82, 2.24) is 5.32 Å². The molecular formula is C31H37BrCl2N2O6. The van der Waals surface area contributed by atoms with Crippen molar-refractivity contribution >= 4 is 68.6 Å². The molecule has 0 radical (unpaired) electrons. The van der Waals surface area contributed by atoms with Crippen LogP contribution in [0.1, 0.15) is 70.3 Å². The zero-order valence-corrected chi connectivity index (χ0v) is 27.9. The predicted octanol–water partition coefficient (Wildman–Crippen LogP) is 6.99. The quantitative estimate of drug-likeness (QED) is 0.290. The number of hydrogen-bond acceptors (Lipinski definition) is 6. The summed E-state index contributed by atoms with van der Waals surface area (Å²) < 4.78 is 11.2. The van der Waals surface area contributed by atoms with Gasteiger partial charge in [-0.2, -0.15) is 0 Å². The maximum absolute atomic E-state index is 13.6. The van der Waals surface area contributed by atoms with Crippen LogP contribution in [0.3, 0.4) is 0 Å². The molecule has 2 N–H and O–H groups in total. The minimum atomic E-state index is -0.971. The summed E-state index contributed by atoms with van der Waals surface area (Å²) in [5, 5.41) is 6.08. The summed E-state index contributed by atoms with van der Waals surface area (Å²) in [5.41, 5.74) is -0.928. The van der Waals surface area contributed by atoms with Crippen molar-refractivity contribution in [1.29, 1.82) is 0 Å². The summed E-state index contributed by atoms with van der Waals surface area (Å²) in [4.78, 5) is 52.3. The Morgan fingerprint density at radius 1 is 1.07 bits per heavy atom. The van der Waals surface area contributed by atoms with E-state index in [9.17, 15) is 19.2 Å². The number of anilines is 1. The Bertz CT molecular complexity index is 1370. The van der Waals surface area contributed by atoms with E-state index >= 15 is 0 Å². The van der Waals surface area contributed by atoms with E-state index in [0.717, 1.165) is 0 Å². The van der Waals surface area contributed by atoms with E-state index in [0.29, 0.717) is 28.6 Å². The summed E-state index contributed by atoms with van der Waals surface area (Å²) in [6.45, 7) is 11.1. The van der Waals surface area contributed by atoms with Crippen LogP contribution in [0.15, 0.2) is 40.9 Å². The van der Waals surface area contributed by atoms with Gasteiger partial charge in [0.1, 0.15) is 11.6 Å². The van der Waals surface area contributed by atoms with Crippen LogP contribution in [0.2, 0.25) is 10.0 Å². The second-order valence-corrected chi connectivity index (χ2v) is 14.0. The van der Waals surface area contributed by atoms with E-state index in [1.165, 1.54) is 7.11 Å². The highest BCUT2D eigenvalue weighted by Gasteiger charge is 2.59. The lowest BCUT2D eigenvalue weighted by atomic mass is 9.65. The second kappa shape index (κ2) is 12.9. The van der Waals surface area contributed by atoms with Crippen LogP contribution in [0.5, 0.6) is 0 Å². The molecule has 0 spiro atoms. The van der Waals surface area contributed by atoms with Crippen LogP contribution in [0.4, 0.5) is 5.69 Å². The van der Waals surface area contributed by atoms with Crippen LogP contribution in [0.25, 0.3) is 0 Å². The average molecular weight is 684 g/mol. The Morgan fingerprint density at radius 3 is 2.24 bits per heavy atom. The van der Waals surface area contributed by atoms with Crippen LogP contribution in [-0.2, 0) is 30.3 Å². The number of esters is 2. The molecule has 0 aliphatic heterocycles. The molecule has 1 aliphatic carbocycles. The first-order chi connectivity index (χ1) is 19.4. The first-order valence-corrected chi connectivity index (χ1v) is 15.1. The summed E-state index contributed by atoms with van der Waals surface area (Å²) in [6.07, 6.45) is 1.09. The minimum Gasteiger partial charge on any atom is -0.467 e. The van der Waals surface area contributed by atoms with Crippen LogP contribution < -0.4 is 10.6 Å². The predicted molar refractivity (Wildman–Crippen MR) is 167 cm³/mol. The van der Waals surface area contributed by atoms with Crippen LogP contribution >= 0.6 is 39.1 Å². The van der Waals surface area contributed by atoms with Crippen molar-refractivity contribution in [2.24, 2.45) is 16.7 Å². The molecule has 1 aliphatic rings. The largest absolute Gasteiger partial charge is 0.467 e. The fraction of sp³-hybridized carbons (Fsp3) is 0.484. The number of hydrogen-bond donors (Lipinski definition) is 2.